The number of carbonyl (C=O) groups is 2. The van der Waals surface area contributed by atoms with Gasteiger partial charge in [-0.25, -0.2) is 0 Å². The van der Waals surface area contributed by atoms with Crippen molar-refractivity contribution >= 4 is 12.6 Å². The van der Waals surface area contributed by atoms with E-state index in [1.165, 1.54) is 0 Å². The van der Waals surface area contributed by atoms with Gasteiger partial charge >= 0.3 is 0 Å². The molecule has 0 spiro atoms. The highest BCUT2D eigenvalue weighted by Crippen LogP contribution is 2.41. The van der Waals surface area contributed by atoms with Crippen LogP contribution in [0.5, 0.6) is 0 Å². The average Bonchev–Trinajstić information content (AvgIpc) is 2.68. The van der Waals surface area contributed by atoms with Gasteiger partial charge < -0.3 is 19.6 Å². The number of benzene rings is 1. The quantitative estimate of drug-likeness (QED) is 0.388. The first-order valence-corrected chi connectivity index (χ1v) is 12.3. The van der Waals surface area contributed by atoms with Crippen molar-refractivity contribution in [3.63, 3.8) is 0 Å². The second-order valence-corrected chi connectivity index (χ2v) is 11.9. The summed E-state index contributed by atoms with van der Waals surface area (Å²) in [7, 11) is 4.07. The lowest BCUT2D eigenvalue weighted by molar-refractivity contribution is -0.111. The standard InChI is InChI=1S/C12H24O.C10H21NO.C7H8O/c1-10(2)12(6,7-8-13)9-11(3,4)5;1-9(2)8-10(3,6-7-12)11(4)5;8-6-7-4-2-1-3-5-7/h8,10H,7,9H2,1-6H3;7,9H,6,8H2,1-5H3;1-5,8H,6H2. The van der Waals surface area contributed by atoms with E-state index in [2.05, 4.69) is 67.2 Å². The molecule has 33 heavy (non-hydrogen) atoms. The second-order valence-electron chi connectivity index (χ2n) is 11.9. The summed E-state index contributed by atoms with van der Waals surface area (Å²) in [6.45, 7) is 20.0. The molecule has 2 atom stereocenters. The molecule has 4 heteroatoms. The van der Waals surface area contributed by atoms with Gasteiger partial charge in [0.15, 0.2) is 0 Å². The Morgan fingerprint density at radius 1 is 0.879 bits per heavy atom. The Bertz CT molecular complexity index is 634. The minimum absolute atomic E-state index is 0.0376. The summed E-state index contributed by atoms with van der Waals surface area (Å²) in [5, 5.41) is 8.54. The number of nitrogens with zero attached hydrogens (tertiary/aromatic N) is 1. The number of hydrogen-bond donors (Lipinski definition) is 1. The fourth-order valence-corrected chi connectivity index (χ4v) is 4.00. The minimum Gasteiger partial charge on any atom is -0.392 e. The van der Waals surface area contributed by atoms with Crippen molar-refractivity contribution in [3.8, 4) is 0 Å². The van der Waals surface area contributed by atoms with Gasteiger partial charge in [-0.1, -0.05) is 85.7 Å². The first-order valence-electron chi connectivity index (χ1n) is 12.3. The highest BCUT2D eigenvalue weighted by atomic mass is 16.3. The summed E-state index contributed by atoms with van der Waals surface area (Å²) in [6, 6.07) is 9.52. The van der Waals surface area contributed by atoms with Crippen molar-refractivity contribution in [3.05, 3.63) is 35.9 Å². The predicted molar refractivity (Wildman–Crippen MR) is 142 cm³/mol. The highest BCUT2D eigenvalue weighted by molar-refractivity contribution is 5.51. The molecule has 2 unspecified atom stereocenters. The fourth-order valence-electron chi connectivity index (χ4n) is 4.00. The first kappa shape index (κ1) is 33.7. The highest BCUT2D eigenvalue weighted by Gasteiger charge is 2.32. The Morgan fingerprint density at radius 3 is 1.64 bits per heavy atom. The lowest BCUT2D eigenvalue weighted by Gasteiger charge is -2.37. The molecule has 0 saturated heterocycles. The SMILES string of the molecule is CC(C)C(C)(CC=O)CC(C)(C)C.CC(C)CC(C)(CC=O)N(C)C.OCc1ccccc1. The Labute approximate surface area is 205 Å². The lowest BCUT2D eigenvalue weighted by atomic mass is 9.67. The van der Waals surface area contributed by atoms with Crippen LogP contribution < -0.4 is 0 Å². The van der Waals surface area contributed by atoms with Gasteiger partial charge in [0.25, 0.3) is 0 Å². The molecule has 1 N–H and O–H groups in total. The van der Waals surface area contributed by atoms with Crippen molar-refractivity contribution in [2.45, 2.75) is 100 Å². The largest absolute Gasteiger partial charge is 0.392 e. The minimum atomic E-state index is 0.0376. The van der Waals surface area contributed by atoms with Crippen LogP contribution in [-0.2, 0) is 16.2 Å². The second kappa shape index (κ2) is 16.2. The third-order valence-electron chi connectivity index (χ3n) is 6.35. The Balaban J connectivity index is 0. The molecule has 0 aliphatic carbocycles. The van der Waals surface area contributed by atoms with Gasteiger partial charge in [0.1, 0.15) is 12.6 Å². The topological polar surface area (TPSA) is 57.6 Å². The van der Waals surface area contributed by atoms with E-state index in [0.717, 1.165) is 31.0 Å². The van der Waals surface area contributed by atoms with Gasteiger partial charge in [0, 0.05) is 18.4 Å². The van der Waals surface area contributed by atoms with Crippen molar-refractivity contribution in [2.75, 3.05) is 14.1 Å². The van der Waals surface area contributed by atoms with E-state index in [0.29, 0.717) is 30.1 Å². The van der Waals surface area contributed by atoms with E-state index in [1.54, 1.807) is 0 Å². The van der Waals surface area contributed by atoms with Crippen molar-refractivity contribution in [2.24, 2.45) is 22.7 Å². The van der Waals surface area contributed by atoms with Crippen LogP contribution in [0.15, 0.2) is 30.3 Å². The van der Waals surface area contributed by atoms with E-state index in [-0.39, 0.29) is 17.6 Å². The van der Waals surface area contributed by atoms with Crippen LogP contribution in [0.1, 0.15) is 93.6 Å². The van der Waals surface area contributed by atoms with Crippen LogP contribution in [0.3, 0.4) is 0 Å². The molecule has 0 aliphatic heterocycles. The molecule has 0 aliphatic rings. The molecule has 0 fully saturated rings. The Hall–Kier alpha value is -1.52. The zero-order valence-electron chi connectivity index (χ0n) is 23.4. The van der Waals surface area contributed by atoms with Crippen LogP contribution in [0, 0.1) is 22.7 Å². The number of hydrogen-bond acceptors (Lipinski definition) is 4. The van der Waals surface area contributed by atoms with E-state index >= 15 is 0 Å². The average molecular weight is 464 g/mol. The molecule has 192 valence electrons. The molecule has 1 aromatic rings. The van der Waals surface area contributed by atoms with E-state index in [1.807, 2.05) is 44.4 Å². The van der Waals surface area contributed by atoms with Crippen LogP contribution in [-0.4, -0.2) is 42.2 Å². The monoisotopic (exact) mass is 463 g/mol. The molecule has 0 bridgehead atoms. The third-order valence-corrected chi connectivity index (χ3v) is 6.35. The maximum Gasteiger partial charge on any atom is 0.121 e. The Kier molecular flexibility index (Phi) is 16.5. The molecular formula is C29H53NO3. The number of rotatable bonds is 10. The summed E-state index contributed by atoms with van der Waals surface area (Å²) >= 11 is 0. The van der Waals surface area contributed by atoms with Gasteiger partial charge in [-0.3, -0.25) is 0 Å². The van der Waals surface area contributed by atoms with Crippen LogP contribution in [0.2, 0.25) is 0 Å². The molecule has 0 radical (unpaired) electrons. The summed E-state index contributed by atoms with van der Waals surface area (Å²) in [6.07, 6.45) is 5.56. The van der Waals surface area contributed by atoms with Gasteiger partial charge in [-0.2, -0.15) is 0 Å². The van der Waals surface area contributed by atoms with Gasteiger partial charge in [0.2, 0.25) is 0 Å². The smallest absolute Gasteiger partial charge is 0.121 e. The predicted octanol–water partition coefficient (Wildman–Crippen LogP) is 6.79. The number of aliphatic hydroxyl groups is 1. The maximum atomic E-state index is 10.6. The van der Waals surface area contributed by atoms with E-state index in [4.69, 9.17) is 5.11 Å². The van der Waals surface area contributed by atoms with Gasteiger partial charge in [-0.05, 0) is 62.1 Å². The molecule has 0 amide bonds. The molecule has 1 aromatic carbocycles. The van der Waals surface area contributed by atoms with Gasteiger partial charge in [0.05, 0.1) is 6.61 Å². The van der Waals surface area contributed by atoms with Crippen LogP contribution >= 0.6 is 0 Å². The normalized spacial score (nSPS) is 15.0. The van der Waals surface area contributed by atoms with Crippen molar-refractivity contribution < 1.29 is 14.7 Å². The van der Waals surface area contributed by atoms with Crippen LogP contribution in [0.25, 0.3) is 0 Å². The maximum absolute atomic E-state index is 10.6. The first-order chi connectivity index (χ1) is 15.1. The van der Waals surface area contributed by atoms with E-state index in [9.17, 15) is 9.59 Å². The Morgan fingerprint density at radius 2 is 1.36 bits per heavy atom. The zero-order chi connectivity index (χ0) is 26.3. The third kappa shape index (κ3) is 15.9. The molecule has 4 nitrogen and oxygen atoms in total. The van der Waals surface area contributed by atoms with Crippen LogP contribution in [0.4, 0.5) is 0 Å². The van der Waals surface area contributed by atoms with Gasteiger partial charge in [-0.15, -0.1) is 0 Å². The summed E-state index contributed by atoms with van der Waals surface area (Å²) in [4.78, 5) is 23.2. The molecule has 0 heterocycles. The molecular weight excluding hydrogens is 410 g/mol. The summed E-state index contributed by atoms with van der Waals surface area (Å²) in [5.41, 5.74) is 1.48. The fraction of sp³-hybridized carbons (Fsp3) is 0.724. The van der Waals surface area contributed by atoms with E-state index < -0.39 is 0 Å². The van der Waals surface area contributed by atoms with Crippen molar-refractivity contribution in [1.82, 2.24) is 4.90 Å². The number of aldehydes is 2. The molecule has 0 aromatic heterocycles. The molecule has 1 rings (SSSR count). The summed E-state index contributed by atoms with van der Waals surface area (Å²) in [5.74, 6) is 1.20. The number of carbonyl (C=O) groups excluding carboxylic acids is 2. The lowest BCUT2D eigenvalue weighted by Crippen LogP contribution is -2.42. The number of aliphatic hydroxyl groups excluding tert-OH is 1. The van der Waals surface area contributed by atoms with Crippen molar-refractivity contribution in [1.29, 1.82) is 0 Å². The summed E-state index contributed by atoms with van der Waals surface area (Å²) < 4.78 is 0. The molecule has 0 saturated carbocycles. The zero-order valence-corrected chi connectivity index (χ0v) is 23.4.